The molecule has 0 aliphatic carbocycles. The summed E-state index contributed by atoms with van der Waals surface area (Å²) >= 11 is 7.60. The van der Waals surface area contributed by atoms with Crippen LogP contribution in [0.2, 0.25) is 5.02 Å². The molecule has 0 unspecified atom stereocenters. The molecule has 2 aromatic carbocycles. The maximum absolute atomic E-state index is 12.0. The molecule has 0 N–H and O–H groups in total. The van der Waals surface area contributed by atoms with Crippen LogP contribution >= 0.6 is 23.4 Å². The van der Waals surface area contributed by atoms with Crippen LogP contribution in [0.3, 0.4) is 0 Å². The van der Waals surface area contributed by atoms with Crippen LogP contribution in [0.15, 0.2) is 35.5 Å². The molecule has 1 heterocycles. The lowest BCUT2D eigenvalue weighted by molar-refractivity contribution is 0.101. The Balaban J connectivity index is 1.91. The second-order valence-electron chi connectivity index (χ2n) is 6.19. The second-order valence-corrected chi connectivity index (χ2v) is 7.57. The maximum atomic E-state index is 12.0. The smallest absolute Gasteiger partial charge is 0.214 e. The van der Waals surface area contributed by atoms with Gasteiger partial charge >= 0.3 is 0 Å². The number of Topliss-reactive ketones (excluding diaryl/α,β-unsaturated/α-hetero) is 1. The Morgan fingerprint density at radius 1 is 1.19 bits per heavy atom. The van der Waals surface area contributed by atoms with E-state index in [1.807, 2.05) is 38.1 Å². The minimum atomic E-state index is 0.0926. The number of rotatable bonds is 5. The second kappa shape index (κ2) is 7.60. The van der Waals surface area contributed by atoms with Gasteiger partial charge in [-0.15, -0.1) is 5.10 Å². The summed E-state index contributed by atoms with van der Waals surface area (Å²) in [7, 11) is 0. The third-order valence-electron chi connectivity index (χ3n) is 4.32. The van der Waals surface area contributed by atoms with Crippen LogP contribution in [0.5, 0.6) is 0 Å². The number of carbonyl (C=O) groups excluding carboxylic acids is 1. The van der Waals surface area contributed by atoms with Crippen LogP contribution in [0.25, 0.3) is 5.69 Å². The summed E-state index contributed by atoms with van der Waals surface area (Å²) in [6.45, 7) is 7.67. The van der Waals surface area contributed by atoms with Gasteiger partial charge in [0.15, 0.2) is 5.78 Å². The summed E-state index contributed by atoms with van der Waals surface area (Å²) < 4.78 is 1.67. The number of tetrazole rings is 1. The van der Waals surface area contributed by atoms with E-state index in [0.717, 1.165) is 27.9 Å². The van der Waals surface area contributed by atoms with Crippen LogP contribution in [0.4, 0.5) is 0 Å². The van der Waals surface area contributed by atoms with E-state index in [-0.39, 0.29) is 5.78 Å². The SMILES string of the molecule is CC(=O)c1c(C)cc(C)c(CSc2nnnn2-c2cccc(Cl)c2)c1C. The third-order valence-corrected chi connectivity index (χ3v) is 5.50. The lowest BCUT2D eigenvalue weighted by atomic mass is 9.92. The van der Waals surface area contributed by atoms with Crippen molar-refractivity contribution >= 4 is 29.1 Å². The number of carbonyl (C=O) groups is 1. The van der Waals surface area contributed by atoms with Gasteiger partial charge < -0.3 is 0 Å². The normalized spacial score (nSPS) is 11.0. The highest BCUT2D eigenvalue weighted by atomic mass is 35.5. The molecule has 0 aliphatic heterocycles. The lowest BCUT2D eigenvalue weighted by Gasteiger charge is -2.15. The number of hydrogen-bond donors (Lipinski definition) is 0. The molecule has 0 bridgehead atoms. The van der Waals surface area contributed by atoms with E-state index < -0.39 is 0 Å². The van der Waals surface area contributed by atoms with E-state index in [1.165, 1.54) is 17.3 Å². The Kier molecular flexibility index (Phi) is 5.44. The Hall–Kier alpha value is -2.18. The van der Waals surface area contributed by atoms with Crippen LogP contribution in [-0.4, -0.2) is 26.0 Å². The molecule has 0 aliphatic rings. The first-order valence-electron chi connectivity index (χ1n) is 8.16. The fourth-order valence-corrected chi connectivity index (χ4v) is 4.43. The minimum Gasteiger partial charge on any atom is -0.294 e. The molecule has 0 fully saturated rings. The molecule has 5 nitrogen and oxygen atoms in total. The van der Waals surface area contributed by atoms with Crippen molar-refractivity contribution in [2.45, 2.75) is 38.6 Å². The molecule has 26 heavy (non-hydrogen) atoms. The predicted molar refractivity (Wildman–Crippen MR) is 104 cm³/mol. The molecule has 1 aromatic heterocycles. The number of thioether (sulfide) groups is 1. The summed E-state index contributed by atoms with van der Waals surface area (Å²) in [6.07, 6.45) is 0. The number of aryl methyl sites for hydroxylation is 2. The lowest BCUT2D eigenvalue weighted by Crippen LogP contribution is -2.06. The molecule has 0 atom stereocenters. The first-order valence-corrected chi connectivity index (χ1v) is 9.52. The number of ketones is 1. The van der Waals surface area contributed by atoms with Gasteiger partial charge in [0.05, 0.1) is 5.69 Å². The van der Waals surface area contributed by atoms with Crippen molar-refractivity contribution in [2.75, 3.05) is 0 Å². The van der Waals surface area contributed by atoms with Gasteiger partial charge in [-0.05, 0) is 78.6 Å². The molecular weight excluding hydrogens is 368 g/mol. The van der Waals surface area contributed by atoms with Gasteiger partial charge in [-0.25, -0.2) is 0 Å². The Morgan fingerprint density at radius 3 is 2.65 bits per heavy atom. The summed E-state index contributed by atoms with van der Waals surface area (Å²) in [5.74, 6) is 0.772. The number of benzene rings is 2. The number of halogens is 1. The highest BCUT2D eigenvalue weighted by Gasteiger charge is 2.16. The molecule has 3 rings (SSSR count). The van der Waals surface area contributed by atoms with Crippen molar-refractivity contribution in [1.82, 2.24) is 20.2 Å². The predicted octanol–water partition coefficient (Wildman–Crippen LogP) is 4.74. The summed E-state index contributed by atoms with van der Waals surface area (Å²) in [4.78, 5) is 12.0. The van der Waals surface area contributed by atoms with Crippen LogP contribution in [0, 0.1) is 20.8 Å². The Bertz CT molecular complexity index is 984. The van der Waals surface area contributed by atoms with E-state index in [2.05, 4.69) is 28.5 Å². The van der Waals surface area contributed by atoms with E-state index >= 15 is 0 Å². The molecule has 0 spiro atoms. The zero-order chi connectivity index (χ0) is 18.8. The zero-order valence-corrected chi connectivity index (χ0v) is 16.6. The fraction of sp³-hybridized carbons (Fsp3) is 0.263. The molecular formula is C19H19ClN4OS. The largest absolute Gasteiger partial charge is 0.294 e. The molecule has 0 radical (unpaired) electrons. The van der Waals surface area contributed by atoms with Crippen LogP contribution in [-0.2, 0) is 5.75 Å². The fourth-order valence-electron chi connectivity index (χ4n) is 3.17. The number of hydrogen-bond acceptors (Lipinski definition) is 5. The maximum Gasteiger partial charge on any atom is 0.214 e. The molecule has 3 aromatic rings. The van der Waals surface area contributed by atoms with Crippen LogP contribution in [0.1, 0.15) is 39.5 Å². The van der Waals surface area contributed by atoms with Crippen molar-refractivity contribution < 1.29 is 4.79 Å². The summed E-state index contributed by atoms with van der Waals surface area (Å²) in [5.41, 5.74) is 5.98. The quantitative estimate of drug-likeness (QED) is 0.468. The Morgan fingerprint density at radius 2 is 1.96 bits per heavy atom. The molecule has 0 saturated carbocycles. The van der Waals surface area contributed by atoms with Gasteiger partial charge in [0.25, 0.3) is 0 Å². The van der Waals surface area contributed by atoms with Crippen molar-refractivity contribution in [1.29, 1.82) is 0 Å². The Labute approximate surface area is 161 Å². The average Bonchev–Trinajstić information content (AvgIpc) is 3.02. The van der Waals surface area contributed by atoms with Crippen molar-refractivity contribution in [3.05, 3.63) is 63.2 Å². The van der Waals surface area contributed by atoms with Crippen molar-refractivity contribution in [2.24, 2.45) is 0 Å². The van der Waals surface area contributed by atoms with E-state index in [1.54, 1.807) is 11.6 Å². The summed E-state index contributed by atoms with van der Waals surface area (Å²) in [5, 5.41) is 13.3. The molecule has 134 valence electrons. The zero-order valence-electron chi connectivity index (χ0n) is 15.1. The topological polar surface area (TPSA) is 60.7 Å². The van der Waals surface area contributed by atoms with Crippen molar-refractivity contribution in [3.8, 4) is 5.69 Å². The highest BCUT2D eigenvalue weighted by molar-refractivity contribution is 7.98. The van der Waals surface area contributed by atoms with E-state index in [0.29, 0.717) is 15.9 Å². The first kappa shape index (κ1) is 18.6. The number of nitrogens with zero attached hydrogens (tertiary/aromatic N) is 4. The van der Waals surface area contributed by atoms with Crippen molar-refractivity contribution in [3.63, 3.8) is 0 Å². The van der Waals surface area contributed by atoms with Gasteiger partial charge in [0.2, 0.25) is 5.16 Å². The molecule has 0 amide bonds. The first-order chi connectivity index (χ1) is 12.4. The van der Waals surface area contributed by atoms with Gasteiger partial charge in [-0.2, -0.15) is 4.68 Å². The summed E-state index contributed by atoms with van der Waals surface area (Å²) in [6, 6.07) is 9.46. The van der Waals surface area contributed by atoms with Gasteiger partial charge in [0, 0.05) is 16.3 Å². The highest BCUT2D eigenvalue weighted by Crippen LogP contribution is 2.29. The average molecular weight is 387 g/mol. The number of aromatic nitrogens is 4. The van der Waals surface area contributed by atoms with E-state index in [4.69, 9.17) is 11.6 Å². The molecule has 7 heteroatoms. The molecule has 0 saturated heterocycles. The minimum absolute atomic E-state index is 0.0926. The van der Waals surface area contributed by atoms with E-state index in [9.17, 15) is 4.79 Å². The standard InChI is InChI=1S/C19H19ClN4OS/c1-11-8-12(2)18(14(4)25)13(3)17(11)10-26-19-21-22-23-24(19)16-7-5-6-15(20)9-16/h5-9H,10H2,1-4H3. The third kappa shape index (κ3) is 3.66. The monoisotopic (exact) mass is 386 g/mol. The van der Waals surface area contributed by atoms with Gasteiger partial charge in [-0.3, -0.25) is 4.79 Å². The van der Waals surface area contributed by atoms with Gasteiger partial charge in [-0.1, -0.05) is 35.5 Å². The van der Waals surface area contributed by atoms with Gasteiger partial charge in [0.1, 0.15) is 0 Å². The van der Waals surface area contributed by atoms with Crippen LogP contribution < -0.4 is 0 Å².